The Labute approximate surface area is 171 Å². The van der Waals surface area contributed by atoms with Crippen molar-refractivity contribution in [3.8, 4) is 0 Å². The minimum atomic E-state index is -1.33. The van der Waals surface area contributed by atoms with E-state index in [-0.39, 0.29) is 0 Å². The summed E-state index contributed by atoms with van der Waals surface area (Å²) in [6.45, 7) is 0. The summed E-state index contributed by atoms with van der Waals surface area (Å²) >= 11 is 6.06. The van der Waals surface area contributed by atoms with E-state index in [4.69, 9.17) is 11.6 Å². The first kappa shape index (κ1) is 19.9. The Bertz CT molecular complexity index is 992. The van der Waals surface area contributed by atoms with Crippen molar-refractivity contribution in [3.63, 3.8) is 0 Å². The topological polar surface area (TPSA) is 58.2 Å². The molecule has 0 saturated carbocycles. The van der Waals surface area contributed by atoms with Crippen LogP contribution in [0.5, 0.6) is 0 Å². The molecule has 28 heavy (non-hydrogen) atoms. The molecule has 0 saturated heterocycles. The number of hydrogen-bond acceptors (Lipinski definition) is 2. The SMILES string of the molecule is O=C(N/C=C(\c1ccccc1)S(=O)Cc1ccccc1)Nc1ccccc1Cl. The second-order valence-electron chi connectivity index (χ2n) is 5.93. The van der Waals surface area contributed by atoms with Gasteiger partial charge in [-0.25, -0.2) is 4.79 Å². The summed E-state index contributed by atoms with van der Waals surface area (Å²) in [5.41, 5.74) is 2.25. The Hall–Kier alpha value is -2.89. The van der Waals surface area contributed by atoms with E-state index in [0.29, 0.717) is 21.4 Å². The van der Waals surface area contributed by atoms with E-state index in [0.717, 1.165) is 11.1 Å². The lowest BCUT2D eigenvalue weighted by molar-refractivity contribution is 0.255. The first-order chi connectivity index (χ1) is 13.6. The summed E-state index contributed by atoms with van der Waals surface area (Å²) in [4.78, 5) is 12.8. The maximum absolute atomic E-state index is 13.0. The fourth-order valence-electron chi connectivity index (χ4n) is 2.54. The third-order valence-electron chi connectivity index (χ3n) is 3.90. The molecule has 0 aliphatic rings. The van der Waals surface area contributed by atoms with Crippen molar-refractivity contribution >= 4 is 39.0 Å². The molecule has 6 heteroatoms. The zero-order valence-electron chi connectivity index (χ0n) is 15.0. The maximum atomic E-state index is 13.0. The van der Waals surface area contributed by atoms with Crippen molar-refractivity contribution in [3.05, 3.63) is 107 Å². The lowest BCUT2D eigenvalue weighted by Gasteiger charge is -2.10. The molecule has 3 rings (SSSR count). The van der Waals surface area contributed by atoms with Crippen LogP contribution in [0.15, 0.2) is 91.1 Å². The van der Waals surface area contributed by atoms with Crippen LogP contribution in [-0.2, 0) is 16.6 Å². The van der Waals surface area contributed by atoms with Gasteiger partial charge in [0.1, 0.15) is 0 Å². The normalized spacial score (nSPS) is 12.2. The van der Waals surface area contributed by atoms with E-state index in [9.17, 15) is 9.00 Å². The lowest BCUT2D eigenvalue weighted by Crippen LogP contribution is -2.24. The zero-order valence-corrected chi connectivity index (χ0v) is 16.5. The lowest BCUT2D eigenvalue weighted by atomic mass is 10.2. The van der Waals surface area contributed by atoms with Crippen LogP contribution in [0.1, 0.15) is 11.1 Å². The second kappa shape index (κ2) is 9.88. The van der Waals surface area contributed by atoms with Crippen molar-refractivity contribution in [1.29, 1.82) is 0 Å². The summed E-state index contributed by atoms with van der Waals surface area (Å²) < 4.78 is 13.0. The maximum Gasteiger partial charge on any atom is 0.323 e. The molecule has 3 aromatic rings. The number of para-hydroxylation sites is 1. The highest BCUT2D eigenvalue weighted by atomic mass is 35.5. The smallest absolute Gasteiger partial charge is 0.313 e. The minimum Gasteiger partial charge on any atom is -0.313 e. The van der Waals surface area contributed by atoms with Crippen LogP contribution < -0.4 is 10.6 Å². The molecule has 0 aromatic heterocycles. The number of carbonyl (C=O) groups is 1. The Balaban J connectivity index is 1.77. The molecule has 3 aromatic carbocycles. The third-order valence-corrected chi connectivity index (χ3v) is 5.67. The quantitative estimate of drug-likeness (QED) is 0.570. The number of rotatable bonds is 6. The van der Waals surface area contributed by atoms with Crippen LogP contribution in [-0.4, -0.2) is 10.2 Å². The number of hydrogen-bond donors (Lipinski definition) is 2. The monoisotopic (exact) mass is 410 g/mol. The van der Waals surface area contributed by atoms with Crippen LogP contribution in [0.2, 0.25) is 5.02 Å². The molecule has 2 N–H and O–H groups in total. The molecule has 4 nitrogen and oxygen atoms in total. The molecule has 0 aliphatic heterocycles. The van der Waals surface area contributed by atoms with Gasteiger partial charge in [-0.3, -0.25) is 4.21 Å². The summed E-state index contributed by atoms with van der Waals surface area (Å²) in [5, 5.41) is 5.78. The second-order valence-corrected chi connectivity index (χ2v) is 7.76. The van der Waals surface area contributed by atoms with Gasteiger partial charge in [0, 0.05) is 6.20 Å². The van der Waals surface area contributed by atoms with Crippen LogP contribution in [0.3, 0.4) is 0 Å². The summed E-state index contributed by atoms with van der Waals surface area (Å²) in [5.74, 6) is 0.357. The molecule has 0 fully saturated rings. The van der Waals surface area contributed by atoms with Crippen molar-refractivity contribution in [2.75, 3.05) is 5.32 Å². The van der Waals surface area contributed by atoms with Gasteiger partial charge in [0.15, 0.2) is 0 Å². The minimum absolute atomic E-state index is 0.357. The first-order valence-corrected chi connectivity index (χ1v) is 10.3. The predicted octanol–water partition coefficient (Wildman–Crippen LogP) is 5.41. The Morgan fingerprint density at radius 1 is 0.893 bits per heavy atom. The van der Waals surface area contributed by atoms with Gasteiger partial charge in [-0.2, -0.15) is 0 Å². The van der Waals surface area contributed by atoms with Gasteiger partial charge >= 0.3 is 6.03 Å². The average molecular weight is 411 g/mol. The van der Waals surface area contributed by atoms with E-state index in [2.05, 4.69) is 10.6 Å². The molecule has 0 spiro atoms. The number of urea groups is 1. The van der Waals surface area contributed by atoms with E-state index in [1.165, 1.54) is 6.20 Å². The van der Waals surface area contributed by atoms with Crippen molar-refractivity contribution < 1.29 is 9.00 Å². The highest BCUT2D eigenvalue weighted by Crippen LogP contribution is 2.22. The molecule has 1 atom stereocenters. The van der Waals surface area contributed by atoms with Crippen molar-refractivity contribution in [2.24, 2.45) is 0 Å². The Kier molecular flexibility index (Phi) is 7.00. The van der Waals surface area contributed by atoms with Gasteiger partial charge in [-0.05, 0) is 23.3 Å². The van der Waals surface area contributed by atoms with E-state index in [1.54, 1.807) is 24.3 Å². The molecule has 0 bridgehead atoms. The Morgan fingerprint density at radius 2 is 1.50 bits per heavy atom. The molecule has 2 amide bonds. The van der Waals surface area contributed by atoms with Gasteiger partial charge in [0.2, 0.25) is 0 Å². The predicted molar refractivity (Wildman–Crippen MR) is 116 cm³/mol. The summed E-state index contributed by atoms with van der Waals surface area (Å²) in [6.07, 6.45) is 1.49. The molecule has 0 radical (unpaired) electrons. The van der Waals surface area contributed by atoms with E-state index >= 15 is 0 Å². The number of carbonyl (C=O) groups excluding carboxylic acids is 1. The Morgan fingerprint density at radius 3 is 2.18 bits per heavy atom. The summed E-state index contributed by atoms with van der Waals surface area (Å²) in [6, 6.07) is 25.4. The van der Waals surface area contributed by atoms with Crippen LogP contribution in [0, 0.1) is 0 Å². The number of halogens is 1. The fourth-order valence-corrected chi connectivity index (χ4v) is 3.96. The van der Waals surface area contributed by atoms with E-state index in [1.807, 2.05) is 60.7 Å². The van der Waals surface area contributed by atoms with E-state index < -0.39 is 16.8 Å². The van der Waals surface area contributed by atoms with Gasteiger partial charge in [0.05, 0.1) is 32.2 Å². The molecule has 1 unspecified atom stereocenters. The van der Waals surface area contributed by atoms with Gasteiger partial charge in [-0.15, -0.1) is 0 Å². The summed E-state index contributed by atoms with van der Waals surface area (Å²) in [7, 11) is -1.33. The number of nitrogens with one attached hydrogen (secondary N) is 2. The molecular weight excluding hydrogens is 392 g/mol. The third kappa shape index (κ3) is 5.55. The van der Waals surface area contributed by atoms with Gasteiger partial charge in [0.25, 0.3) is 0 Å². The number of benzene rings is 3. The molecular formula is C22H19ClN2O2S. The first-order valence-electron chi connectivity index (χ1n) is 8.63. The van der Waals surface area contributed by atoms with Gasteiger partial charge < -0.3 is 10.6 Å². The fraction of sp³-hybridized carbons (Fsp3) is 0.0455. The molecule has 0 aliphatic carbocycles. The number of amides is 2. The van der Waals surface area contributed by atoms with Crippen LogP contribution >= 0.6 is 11.6 Å². The molecule has 142 valence electrons. The highest BCUT2D eigenvalue weighted by molar-refractivity contribution is 7.93. The highest BCUT2D eigenvalue weighted by Gasteiger charge is 2.12. The molecule has 0 heterocycles. The van der Waals surface area contributed by atoms with Crippen molar-refractivity contribution in [1.82, 2.24) is 5.32 Å². The van der Waals surface area contributed by atoms with Crippen LogP contribution in [0.25, 0.3) is 4.91 Å². The van der Waals surface area contributed by atoms with Gasteiger partial charge in [-0.1, -0.05) is 84.4 Å². The average Bonchev–Trinajstić information content (AvgIpc) is 2.71. The zero-order chi connectivity index (χ0) is 19.8. The number of anilines is 1. The van der Waals surface area contributed by atoms with Crippen LogP contribution in [0.4, 0.5) is 10.5 Å². The van der Waals surface area contributed by atoms with Crippen molar-refractivity contribution in [2.45, 2.75) is 5.75 Å². The largest absolute Gasteiger partial charge is 0.323 e. The standard InChI is InChI=1S/C22H19ClN2O2S/c23-19-13-7-8-14-20(19)25-22(26)24-15-21(18-11-5-2-6-12-18)28(27)16-17-9-3-1-4-10-17/h1-15H,16H2,(H2,24,25,26)/b21-15+.